The van der Waals surface area contributed by atoms with E-state index < -0.39 is 25.2 Å². The van der Waals surface area contributed by atoms with Crippen LogP contribution < -0.4 is 0 Å². The zero-order valence-electron chi connectivity index (χ0n) is 8.53. The Kier molecular flexibility index (Phi) is 3.81. The summed E-state index contributed by atoms with van der Waals surface area (Å²) >= 11 is 0. The molecule has 0 heterocycles. The van der Waals surface area contributed by atoms with Crippen LogP contribution in [-0.2, 0) is 28.3 Å². The molecule has 0 aromatic rings. The van der Waals surface area contributed by atoms with E-state index in [0.29, 0.717) is 0 Å². The second-order valence-corrected chi connectivity index (χ2v) is 2.12. The van der Waals surface area contributed by atoms with E-state index in [-0.39, 0.29) is 0 Å². The highest BCUT2D eigenvalue weighted by molar-refractivity contribution is 6.43. The van der Waals surface area contributed by atoms with Crippen LogP contribution in [0.4, 0.5) is 0 Å². The molecule has 74 valence electrons. The molecule has 0 radical (unpaired) electrons. The lowest BCUT2D eigenvalue weighted by molar-refractivity contribution is -0.144. The smallest absolute Gasteiger partial charge is 0.541 e. The van der Waals surface area contributed by atoms with Crippen LogP contribution in [0.2, 0.25) is 0 Å². The van der Waals surface area contributed by atoms with Gasteiger partial charge in [0.2, 0.25) is 0 Å². The molecule has 0 amide bonds. The van der Waals surface area contributed by atoms with E-state index in [1.165, 1.54) is 0 Å². The van der Waals surface area contributed by atoms with E-state index >= 15 is 0 Å². The van der Waals surface area contributed by atoms with Crippen LogP contribution in [0.15, 0.2) is 0 Å². The molecule has 0 spiro atoms. The topological polar surface area (TPSA) is 78.9 Å². The lowest BCUT2D eigenvalue weighted by atomic mass is 10.2. The number of hydrogen-bond acceptors (Lipinski definition) is 6. The minimum Gasteiger partial charge on any atom is -0.625 e. The molecular formula is C6H10BO6-. The Labute approximate surface area is 76.7 Å². The first-order valence-corrected chi connectivity index (χ1v) is 3.43. The minimum absolute atomic E-state index is 0.887. The molecule has 0 atom stereocenters. The van der Waals surface area contributed by atoms with Crippen LogP contribution in [0.1, 0.15) is 20.8 Å². The van der Waals surface area contributed by atoms with Crippen molar-refractivity contribution < 1.29 is 28.3 Å². The molecule has 13 heavy (non-hydrogen) atoms. The molecule has 0 bridgehead atoms. The second kappa shape index (κ2) is 5.18. The van der Waals surface area contributed by atoms with E-state index in [1.54, 1.807) is 0 Å². The fraction of sp³-hybridized carbons (Fsp3) is 0.500. The van der Waals surface area contributed by atoms with E-state index in [4.69, 9.17) is 1.34 Å². The number of carbonyl (C=O) groups is 3. The Hall–Kier alpha value is -1.53. The lowest BCUT2D eigenvalue weighted by Crippen LogP contribution is -2.32. The van der Waals surface area contributed by atoms with E-state index in [1.807, 2.05) is 0 Å². The first-order chi connectivity index (χ1) is 6.25. The maximum atomic E-state index is 10.5. The van der Waals surface area contributed by atoms with Gasteiger partial charge in [-0.2, -0.15) is 0 Å². The third-order valence-corrected chi connectivity index (χ3v) is 0.787. The molecule has 0 fully saturated rings. The Balaban J connectivity index is 4.56. The highest BCUT2D eigenvalue weighted by Gasteiger charge is 2.13. The van der Waals surface area contributed by atoms with Crippen LogP contribution in [-0.4, -0.2) is 26.5 Å². The van der Waals surface area contributed by atoms with Gasteiger partial charge in [0, 0.05) is 20.8 Å². The van der Waals surface area contributed by atoms with Gasteiger partial charge >= 0.3 is 7.28 Å². The number of rotatable bonds is 3. The molecule has 0 aliphatic heterocycles. The third kappa shape index (κ3) is 6.86. The van der Waals surface area contributed by atoms with Crippen molar-refractivity contribution in [2.24, 2.45) is 0 Å². The largest absolute Gasteiger partial charge is 0.625 e. The molecule has 6 nitrogen and oxygen atoms in total. The molecule has 0 aliphatic carbocycles. The van der Waals surface area contributed by atoms with Gasteiger partial charge in [0.15, 0.2) is 0 Å². The Bertz CT molecular complexity index is 224. The maximum absolute atomic E-state index is 10.5. The summed E-state index contributed by atoms with van der Waals surface area (Å²) in [5, 5.41) is 0. The molecule has 0 aromatic carbocycles. The Morgan fingerprint density at radius 2 is 1.15 bits per heavy atom. The van der Waals surface area contributed by atoms with Crippen molar-refractivity contribution in [3.63, 3.8) is 0 Å². The maximum Gasteiger partial charge on any atom is 0.541 e. The van der Waals surface area contributed by atoms with Crippen LogP contribution >= 0.6 is 0 Å². The monoisotopic (exact) mass is 191 g/mol. The third-order valence-electron chi connectivity index (χ3n) is 0.787. The zero-order valence-corrected chi connectivity index (χ0v) is 7.53. The normalized spacial score (nSPS) is 11.2. The minimum atomic E-state index is -3.41. The van der Waals surface area contributed by atoms with Gasteiger partial charge in [-0.05, 0) is 0 Å². The predicted octanol–water partition coefficient (Wildman–Crippen LogP) is -0.607. The summed E-state index contributed by atoms with van der Waals surface area (Å²) in [5.41, 5.74) is 0. The second-order valence-electron chi connectivity index (χ2n) is 2.12. The molecule has 0 rings (SSSR count). The van der Waals surface area contributed by atoms with Crippen LogP contribution in [0.25, 0.3) is 0 Å². The summed E-state index contributed by atoms with van der Waals surface area (Å²) in [6, 6.07) is 0. The van der Waals surface area contributed by atoms with Gasteiger partial charge in [0.25, 0.3) is 17.9 Å². The average molecular weight is 191 g/mol. The van der Waals surface area contributed by atoms with Crippen molar-refractivity contribution in [3.8, 4) is 0 Å². The van der Waals surface area contributed by atoms with Crippen molar-refractivity contribution in [2.45, 2.75) is 20.8 Å². The fourth-order valence-corrected chi connectivity index (χ4v) is 0.479. The fourth-order valence-electron chi connectivity index (χ4n) is 0.479. The van der Waals surface area contributed by atoms with Crippen molar-refractivity contribution in [2.75, 3.05) is 0 Å². The van der Waals surface area contributed by atoms with Gasteiger partial charge in [-0.3, -0.25) is 14.4 Å². The zero-order chi connectivity index (χ0) is 11.4. The summed E-state index contributed by atoms with van der Waals surface area (Å²) in [6.07, 6.45) is 0. The summed E-state index contributed by atoms with van der Waals surface area (Å²) in [5.74, 6) is -2.66. The van der Waals surface area contributed by atoms with Gasteiger partial charge < -0.3 is 14.0 Å². The molecule has 7 heteroatoms. The molecule has 0 aliphatic rings. The van der Waals surface area contributed by atoms with E-state index in [9.17, 15) is 14.4 Å². The summed E-state index contributed by atoms with van der Waals surface area (Å²) in [4.78, 5) is 31.5. The van der Waals surface area contributed by atoms with Gasteiger partial charge in [-0.15, -0.1) is 0 Å². The summed E-state index contributed by atoms with van der Waals surface area (Å²) in [6.45, 7) is 2.99. The van der Waals surface area contributed by atoms with Crippen LogP contribution in [0, 0.1) is 0 Å². The van der Waals surface area contributed by atoms with Crippen molar-refractivity contribution in [1.82, 2.24) is 0 Å². The van der Waals surface area contributed by atoms with E-state index in [2.05, 4.69) is 14.0 Å². The average Bonchev–Trinajstić information content (AvgIpc) is 1.76. The highest BCUT2D eigenvalue weighted by atomic mass is 16.8. The number of carbonyl (C=O) groups excluding carboxylic acids is 3. The SMILES string of the molecule is [3H][B-](OC(C)=O)(OC(C)=O)OC(C)=O. The quantitative estimate of drug-likeness (QED) is 0.553. The van der Waals surface area contributed by atoms with Gasteiger partial charge in [-0.25, -0.2) is 0 Å². The van der Waals surface area contributed by atoms with Gasteiger partial charge in [0.1, 0.15) is 0 Å². The standard InChI is InChI=1S/C6H10BO6/c1-4(8)11-7(12-5(2)9)13-6(3)10/h7H,1-3H3/q-1/i7T. The van der Waals surface area contributed by atoms with Crippen LogP contribution in [0.5, 0.6) is 0 Å². The first kappa shape index (κ1) is 9.56. The molecule has 0 aromatic heterocycles. The number of hydrogen-bond donors (Lipinski definition) is 0. The molecule has 0 N–H and O–H groups in total. The van der Waals surface area contributed by atoms with Crippen molar-refractivity contribution >= 4 is 25.2 Å². The molecule has 0 saturated heterocycles. The lowest BCUT2D eigenvalue weighted by Gasteiger charge is -2.25. The highest BCUT2D eigenvalue weighted by Crippen LogP contribution is 1.94. The Morgan fingerprint density at radius 1 is 0.923 bits per heavy atom. The van der Waals surface area contributed by atoms with Crippen LogP contribution in [0.3, 0.4) is 0 Å². The van der Waals surface area contributed by atoms with E-state index in [0.717, 1.165) is 20.8 Å². The van der Waals surface area contributed by atoms with Gasteiger partial charge in [0.05, 0.1) is 0 Å². The summed E-state index contributed by atoms with van der Waals surface area (Å²) < 4.78 is 20.0. The Morgan fingerprint density at radius 3 is 1.31 bits per heavy atom. The van der Waals surface area contributed by atoms with Gasteiger partial charge in [-0.1, -0.05) is 1.34 Å². The predicted molar refractivity (Wildman–Crippen MR) is 42.4 cm³/mol. The molecule has 0 unspecified atom stereocenters. The van der Waals surface area contributed by atoms with Crippen molar-refractivity contribution in [1.29, 1.82) is 1.34 Å². The van der Waals surface area contributed by atoms with Crippen molar-refractivity contribution in [3.05, 3.63) is 0 Å². The molecular weight excluding hydrogens is 179 g/mol. The first-order valence-electron chi connectivity index (χ1n) is 4.01. The molecule has 0 saturated carbocycles. The summed E-state index contributed by atoms with van der Waals surface area (Å²) in [7, 11) is -3.41.